The smallest absolute Gasteiger partial charge is 0.138 e. The van der Waals surface area contributed by atoms with Crippen LogP contribution in [0.1, 0.15) is 38.6 Å². The summed E-state index contributed by atoms with van der Waals surface area (Å²) in [6.07, 6.45) is 1.03. The molecule has 2 rings (SSSR count). The van der Waals surface area contributed by atoms with Gasteiger partial charge >= 0.3 is 0 Å². The van der Waals surface area contributed by atoms with Gasteiger partial charge in [-0.25, -0.2) is 9.97 Å². The van der Waals surface area contributed by atoms with E-state index in [4.69, 9.17) is 9.72 Å². The second kappa shape index (κ2) is 5.33. The third-order valence-electron chi connectivity index (χ3n) is 3.32. The summed E-state index contributed by atoms with van der Waals surface area (Å²) in [5.41, 5.74) is 0.990. The second-order valence-corrected chi connectivity index (χ2v) is 6.07. The van der Waals surface area contributed by atoms with Crippen LogP contribution in [0.3, 0.4) is 0 Å². The van der Waals surface area contributed by atoms with E-state index in [-0.39, 0.29) is 5.41 Å². The number of nitrogens with zero attached hydrogens (tertiary/aromatic N) is 2. The lowest BCUT2D eigenvalue weighted by molar-refractivity contribution is 0.195. The van der Waals surface area contributed by atoms with Crippen molar-refractivity contribution in [2.45, 2.75) is 45.6 Å². The Morgan fingerprint density at radius 3 is 2.42 bits per heavy atom. The van der Waals surface area contributed by atoms with Crippen molar-refractivity contribution in [3.8, 4) is 0 Å². The fraction of sp³-hybridized carbons (Fsp3) is 0.714. The van der Waals surface area contributed by atoms with E-state index in [9.17, 15) is 0 Å². The Labute approximate surface area is 115 Å². The number of anilines is 2. The van der Waals surface area contributed by atoms with Crippen LogP contribution in [0.5, 0.6) is 0 Å². The van der Waals surface area contributed by atoms with Gasteiger partial charge < -0.3 is 15.4 Å². The molecule has 0 saturated carbocycles. The van der Waals surface area contributed by atoms with Crippen molar-refractivity contribution in [3.63, 3.8) is 0 Å². The summed E-state index contributed by atoms with van der Waals surface area (Å²) in [6.45, 7) is 9.99. The molecule has 0 spiro atoms. The first-order valence-electron chi connectivity index (χ1n) is 6.83. The van der Waals surface area contributed by atoms with Gasteiger partial charge in [0.1, 0.15) is 17.5 Å². The molecular formula is C14H24N4O. The van der Waals surface area contributed by atoms with Crippen molar-refractivity contribution in [1.29, 1.82) is 0 Å². The Kier molecular flexibility index (Phi) is 3.94. The molecule has 0 aromatic carbocycles. The molecule has 1 aliphatic rings. The van der Waals surface area contributed by atoms with E-state index in [2.05, 4.69) is 36.4 Å². The highest BCUT2D eigenvalue weighted by molar-refractivity contribution is 5.57. The van der Waals surface area contributed by atoms with Crippen LogP contribution in [0.4, 0.5) is 11.6 Å². The minimum Gasteiger partial charge on any atom is -0.379 e. The molecule has 1 saturated heterocycles. The van der Waals surface area contributed by atoms with Crippen molar-refractivity contribution < 1.29 is 4.74 Å². The SMILES string of the molecule is CNc1nc(C(C)(C)C)nc(NC2CCOC2)c1C. The molecule has 1 aromatic heterocycles. The van der Waals surface area contributed by atoms with Gasteiger partial charge in [-0.3, -0.25) is 0 Å². The molecule has 1 atom stereocenters. The zero-order chi connectivity index (χ0) is 14.0. The van der Waals surface area contributed by atoms with Gasteiger partial charge in [-0.15, -0.1) is 0 Å². The van der Waals surface area contributed by atoms with Gasteiger partial charge in [0.15, 0.2) is 0 Å². The van der Waals surface area contributed by atoms with Gasteiger partial charge in [0.05, 0.1) is 12.6 Å². The fourth-order valence-electron chi connectivity index (χ4n) is 2.08. The Hall–Kier alpha value is -1.36. The molecule has 2 heterocycles. The van der Waals surface area contributed by atoms with Gasteiger partial charge in [-0.1, -0.05) is 20.8 Å². The molecule has 5 heteroatoms. The largest absolute Gasteiger partial charge is 0.379 e. The molecule has 19 heavy (non-hydrogen) atoms. The van der Waals surface area contributed by atoms with E-state index >= 15 is 0 Å². The van der Waals surface area contributed by atoms with Crippen molar-refractivity contribution >= 4 is 11.6 Å². The van der Waals surface area contributed by atoms with Crippen LogP contribution < -0.4 is 10.6 Å². The first-order chi connectivity index (χ1) is 8.91. The van der Waals surface area contributed by atoms with E-state index < -0.39 is 0 Å². The van der Waals surface area contributed by atoms with Crippen LogP contribution >= 0.6 is 0 Å². The van der Waals surface area contributed by atoms with E-state index in [1.165, 1.54) is 0 Å². The van der Waals surface area contributed by atoms with Crippen LogP contribution in [0.2, 0.25) is 0 Å². The van der Waals surface area contributed by atoms with Crippen LogP contribution in [0, 0.1) is 6.92 Å². The molecule has 1 unspecified atom stereocenters. The third-order valence-corrected chi connectivity index (χ3v) is 3.32. The molecule has 0 bridgehead atoms. The maximum atomic E-state index is 5.40. The first kappa shape index (κ1) is 14.1. The molecule has 0 aliphatic carbocycles. The Morgan fingerprint density at radius 1 is 1.21 bits per heavy atom. The summed E-state index contributed by atoms with van der Waals surface area (Å²) >= 11 is 0. The van der Waals surface area contributed by atoms with E-state index in [0.29, 0.717) is 6.04 Å². The van der Waals surface area contributed by atoms with Crippen molar-refractivity contribution in [3.05, 3.63) is 11.4 Å². The molecule has 1 aliphatic heterocycles. The van der Waals surface area contributed by atoms with Crippen LogP contribution in [0.15, 0.2) is 0 Å². The molecule has 0 amide bonds. The second-order valence-electron chi connectivity index (χ2n) is 6.07. The first-order valence-corrected chi connectivity index (χ1v) is 6.83. The number of ether oxygens (including phenoxy) is 1. The van der Waals surface area contributed by atoms with Crippen LogP contribution in [0.25, 0.3) is 0 Å². The molecule has 0 radical (unpaired) electrons. The van der Waals surface area contributed by atoms with Crippen molar-refractivity contribution in [2.24, 2.45) is 0 Å². The molecular weight excluding hydrogens is 240 g/mol. The minimum atomic E-state index is -0.0676. The summed E-state index contributed by atoms with van der Waals surface area (Å²) in [7, 11) is 1.89. The Bertz CT molecular complexity index is 447. The molecule has 5 nitrogen and oxygen atoms in total. The van der Waals surface area contributed by atoms with E-state index in [1.54, 1.807) is 0 Å². The zero-order valence-electron chi connectivity index (χ0n) is 12.5. The van der Waals surface area contributed by atoms with Gasteiger partial charge in [0, 0.05) is 24.6 Å². The highest BCUT2D eigenvalue weighted by Gasteiger charge is 2.23. The quantitative estimate of drug-likeness (QED) is 0.877. The van der Waals surface area contributed by atoms with E-state index in [0.717, 1.165) is 42.7 Å². The molecule has 2 N–H and O–H groups in total. The van der Waals surface area contributed by atoms with Gasteiger partial charge in [-0.2, -0.15) is 0 Å². The average Bonchev–Trinajstić information content (AvgIpc) is 2.83. The van der Waals surface area contributed by atoms with Crippen LogP contribution in [-0.2, 0) is 10.2 Å². The monoisotopic (exact) mass is 264 g/mol. The summed E-state index contributed by atoms with van der Waals surface area (Å²) in [4.78, 5) is 9.30. The summed E-state index contributed by atoms with van der Waals surface area (Å²) in [6, 6.07) is 0.353. The average molecular weight is 264 g/mol. The van der Waals surface area contributed by atoms with Crippen molar-refractivity contribution in [1.82, 2.24) is 9.97 Å². The highest BCUT2D eigenvalue weighted by Crippen LogP contribution is 2.27. The third kappa shape index (κ3) is 3.15. The molecule has 1 fully saturated rings. The number of aromatic nitrogens is 2. The lowest BCUT2D eigenvalue weighted by Crippen LogP contribution is -2.24. The zero-order valence-corrected chi connectivity index (χ0v) is 12.5. The normalized spacial score (nSPS) is 19.5. The highest BCUT2D eigenvalue weighted by atomic mass is 16.5. The van der Waals surface area contributed by atoms with Gasteiger partial charge in [-0.05, 0) is 13.3 Å². The fourth-order valence-corrected chi connectivity index (χ4v) is 2.08. The number of nitrogens with one attached hydrogen (secondary N) is 2. The van der Waals surface area contributed by atoms with Gasteiger partial charge in [0.25, 0.3) is 0 Å². The Balaban J connectivity index is 2.34. The number of hydrogen-bond donors (Lipinski definition) is 2. The summed E-state index contributed by atoms with van der Waals surface area (Å²) in [5, 5.41) is 6.63. The Morgan fingerprint density at radius 2 is 1.89 bits per heavy atom. The lowest BCUT2D eigenvalue weighted by Gasteiger charge is -2.22. The van der Waals surface area contributed by atoms with E-state index in [1.807, 2.05) is 14.0 Å². The molecule has 1 aromatic rings. The lowest BCUT2D eigenvalue weighted by atomic mass is 9.95. The van der Waals surface area contributed by atoms with Crippen LogP contribution in [-0.4, -0.2) is 36.3 Å². The maximum Gasteiger partial charge on any atom is 0.138 e. The van der Waals surface area contributed by atoms with Crippen molar-refractivity contribution in [2.75, 3.05) is 30.9 Å². The number of rotatable bonds is 3. The maximum absolute atomic E-state index is 5.40. The number of hydrogen-bond acceptors (Lipinski definition) is 5. The standard InChI is InChI=1S/C14H24N4O/c1-9-11(15-5)17-13(14(2,3)4)18-12(9)16-10-6-7-19-8-10/h10H,6-8H2,1-5H3,(H2,15,16,17,18). The minimum absolute atomic E-state index is 0.0676. The summed E-state index contributed by atoms with van der Waals surface area (Å²) in [5.74, 6) is 2.66. The predicted molar refractivity (Wildman–Crippen MR) is 77.9 cm³/mol. The van der Waals surface area contributed by atoms with Gasteiger partial charge in [0.2, 0.25) is 0 Å². The topological polar surface area (TPSA) is 59.1 Å². The predicted octanol–water partition coefficient (Wildman–Crippen LogP) is 2.33. The molecule has 106 valence electrons. The summed E-state index contributed by atoms with van der Waals surface area (Å²) < 4.78 is 5.40.